The monoisotopic (exact) mass is 641 g/mol. The molecule has 47 heavy (non-hydrogen) atoms. The zero-order chi connectivity index (χ0) is 33.3. The highest BCUT2D eigenvalue weighted by atomic mass is 16.5. The number of rotatable bonds is 11. The molecule has 1 amide bonds. The van der Waals surface area contributed by atoms with Crippen molar-refractivity contribution >= 4 is 11.6 Å². The third-order valence-corrected chi connectivity index (χ3v) is 10.4. The van der Waals surface area contributed by atoms with E-state index in [4.69, 9.17) is 19.2 Å². The molecule has 10 heteroatoms. The van der Waals surface area contributed by atoms with Crippen molar-refractivity contribution < 1.29 is 19.0 Å². The standard InChI is InChI=1S/C37H47N5O5/c1-23(24(2)29-20-33-31(21-34(29)46-6)35(43)41-17-8-16-37(41,38-4)22-39-33)9-7-18-47-28-14-15-32-30(19-28)36(44)42(25(3)40-32)26-10-12-27(45-5)13-11-26/h10-14,20-21,23-24,38-39H,7-9,15-19,22H2,1-6H3. The van der Waals surface area contributed by atoms with Gasteiger partial charge in [-0.15, -0.1) is 0 Å². The predicted octanol–water partition coefficient (Wildman–Crippen LogP) is 5.35. The van der Waals surface area contributed by atoms with Gasteiger partial charge in [-0.1, -0.05) is 13.8 Å². The Kier molecular flexibility index (Phi) is 9.32. The Bertz CT molecular complexity index is 1730. The molecule has 1 saturated heterocycles. The second kappa shape index (κ2) is 13.4. The van der Waals surface area contributed by atoms with Crippen LogP contribution in [0.5, 0.6) is 11.5 Å². The molecule has 3 unspecified atom stereocenters. The molecule has 3 aliphatic rings. The van der Waals surface area contributed by atoms with Crippen molar-refractivity contribution in [2.75, 3.05) is 46.3 Å². The summed E-state index contributed by atoms with van der Waals surface area (Å²) < 4.78 is 19.0. The van der Waals surface area contributed by atoms with Gasteiger partial charge in [-0.3, -0.25) is 19.5 Å². The van der Waals surface area contributed by atoms with Crippen LogP contribution in [0.1, 0.15) is 78.5 Å². The lowest BCUT2D eigenvalue weighted by atomic mass is 9.84. The fraction of sp³-hybridized carbons (Fsp3) is 0.486. The molecular formula is C37H47N5O5. The Morgan fingerprint density at radius 2 is 1.89 bits per heavy atom. The SMILES string of the molecule is CNC12CCCN1C(=O)c1cc(OC)c(C(C)C(C)CCCOC3=CCc4nc(C)n(-c5ccc(OC)cc5)c(=O)c4C3)cc1NC2. The van der Waals surface area contributed by atoms with Gasteiger partial charge >= 0.3 is 0 Å². The maximum Gasteiger partial charge on any atom is 0.262 e. The summed E-state index contributed by atoms with van der Waals surface area (Å²) in [6, 6.07) is 11.5. The van der Waals surface area contributed by atoms with Crippen LogP contribution >= 0.6 is 0 Å². The summed E-state index contributed by atoms with van der Waals surface area (Å²) in [4.78, 5) is 34.0. The van der Waals surface area contributed by atoms with Crippen LogP contribution < -0.4 is 25.7 Å². The molecular weight excluding hydrogens is 594 g/mol. The molecule has 3 aromatic rings. The minimum atomic E-state index is -0.360. The van der Waals surface area contributed by atoms with Gasteiger partial charge in [-0.05, 0) is 99.5 Å². The van der Waals surface area contributed by atoms with Crippen molar-refractivity contribution in [1.82, 2.24) is 19.8 Å². The van der Waals surface area contributed by atoms with Gasteiger partial charge in [0.1, 0.15) is 23.0 Å². The number of hydrogen-bond donors (Lipinski definition) is 2. The molecule has 2 aromatic carbocycles. The molecule has 1 fully saturated rings. The van der Waals surface area contributed by atoms with E-state index < -0.39 is 0 Å². The van der Waals surface area contributed by atoms with Crippen molar-refractivity contribution in [2.45, 2.75) is 70.9 Å². The topological polar surface area (TPSA) is 107 Å². The van der Waals surface area contributed by atoms with E-state index >= 15 is 0 Å². The first-order chi connectivity index (χ1) is 22.7. The summed E-state index contributed by atoms with van der Waals surface area (Å²) in [7, 11) is 5.24. The number of nitrogens with one attached hydrogen (secondary N) is 2. The number of carbonyl (C=O) groups excluding carboxylic acids is 1. The van der Waals surface area contributed by atoms with Crippen molar-refractivity contribution in [3.05, 3.63) is 86.8 Å². The number of allylic oxidation sites excluding steroid dienone is 2. The number of hydrogen-bond acceptors (Lipinski definition) is 8. The average Bonchev–Trinajstić information content (AvgIpc) is 3.48. The molecule has 0 radical (unpaired) electrons. The summed E-state index contributed by atoms with van der Waals surface area (Å²) in [5.74, 6) is 3.58. The molecule has 1 aliphatic carbocycles. The summed E-state index contributed by atoms with van der Waals surface area (Å²) in [6.07, 6.45) is 6.82. The van der Waals surface area contributed by atoms with Gasteiger partial charge in [0.2, 0.25) is 0 Å². The van der Waals surface area contributed by atoms with Crippen molar-refractivity contribution in [3.8, 4) is 17.2 Å². The fourth-order valence-electron chi connectivity index (χ4n) is 7.38. The third-order valence-electron chi connectivity index (χ3n) is 10.4. The van der Waals surface area contributed by atoms with Crippen molar-refractivity contribution in [2.24, 2.45) is 5.92 Å². The van der Waals surface area contributed by atoms with E-state index in [1.54, 1.807) is 18.8 Å². The van der Waals surface area contributed by atoms with Crippen LogP contribution in [0.2, 0.25) is 0 Å². The summed E-state index contributed by atoms with van der Waals surface area (Å²) >= 11 is 0. The predicted molar refractivity (Wildman–Crippen MR) is 183 cm³/mol. The van der Waals surface area contributed by atoms with E-state index in [0.717, 1.165) is 72.1 Å². The van der Waals surface area contributed by atoms with Crippen LogP contribution in [0.3, 0.4) is 0 Å². The second-order valence-corrected chi connectivity index (χ2v) is 13.1. The van der Waals surface area contributed by atoms with Crippen LogP contribution in [-0.2, 0) is 17.6 Å². The molecule has 6 rings (SSSR count). The molecule has 1 aromatic heterocycles. The minimum absolute atomic E-state index is 0.0461. The normalized spacial score (nSPS) is 19.8. The van der Waals surface area contributed by atoms with E-state index in [2.05, 4.69) is 36.6 Å². The van der Waals surface area contributed by atoms with Gasteiger partial charge in [0, 0.05) is 30.6 Å². The smallest absolute Gasteiger partial charge is 0.262 e. The number of amides is 1. The number of ether oxygens (including phenoxy) is 3. The van der Waals surface area contributed by atoms with Crippen molar-refractivity contribution in [1.29, 1.82) is 0 Å². The Hall–Kier alpha value is -4.31. The van der Waals surface area contributed by atoms with Crippen molar-refractivity contribution in [3.63, 3.8) is 0 Å². The van der Waals surface area contributed by atoms with Gasteiger partial charge < -0.3 is 24.4 Å². The first kappa shape index (κ1) is 32.6. The number of methoxy groups -OCH3 is 2. The first-order valence-corrected chi connectivity index (χ1v) is 16.7. The number of aromatic nitrogens is 2. The zero-order valence-corrected chi connectivity index (χ0v) is 28.4. The number of benzene rings is 2. The van der Waals surface area contributed by atoms with Crippen LogP contribution in [0.25, 0.3) is 5.69 Å². The Balaban J connectivity index is 1.08. The lowest BCUT2D eigenvalue weighted by Gasteiger charge is -2.36. The van der Waals surface area contributed by atoms with E-state index in [0.29, 0.717) is 48.9 Å². The Labute approximate surface area is 277 Å². The Morgan fingerprint density at radius 3 is 2.62 bits per heavy atom. The lowest BCUT2D eigenvalue weighted by Crippen LogP contribution is -2.58. The fourth-order valence-corrected chi connectivity index (χ4v) is 7.38. The number of carbonyl (C=O) groups is 1. The van der Waals surface area contributed by atoms with Gasteiger partial charge in [0.15, 0.2) is 0 Å². The highest BCUT2D eigenvalue weighted by Gasteiger charge is 2.45. The van der Waals surface area contributed by atoms with Gasteiger partial charge in [-0.2, -0.15) is 0 Å². The highest BCUT2D eigenvalue weighted by molar-refractivity contribution is 6.01. The largest absolute Gasteiger partial charge is 0.498 e. The number of aryl methyl sites for hydroxylation is 1. The number of nitrogens with zero attached hydrogens (tertiary/aromatic N) is 3. The maximum absolute atomic E-state index is 13.6. The molecule has 10 nitrogen and oxygen atoms in total. The first-order valence-electron chi connectivity index (χ1n) is 16.7. The quantitative estimate of drug-likeness (QED) is 0.270. The Morgan fingerprint density at radius 1 is 1.11 bits per heavy atom. The van der Waals surface area contributed by atoms with Crippen LogP contribution in [0.4, 0.5) is 5.69 Å². The molecule has 3 heterocycles. The highest BCUT2D eigenvalue weighted by Crippen LogP contribution is 2.41. The summed E-state index contributed by atoms with van der Waals surface area (Å²) in [5.41, 5.74) is 4.50. The molecule has 2 N–H and O–H groups in total. The second-order valence-electron chi connectivity index (χ2n) is 13.1. The molecule has 2 aliphatic heterocycles. The summed E-state index contributed by atoms with van der Waals surface area (Å²) in [6.45, 7) is 8.34. The van der Waals surface area contributed by atoms with Gasteiger partial charge in [0.05, 0.1) is 50.1 Å². The summed E-state index contributed by atoms with van der Waals surface area (Å²) in [5, 5.41) is 7.00. The van der Waals surface area contributed by atoms with E-state index in [9.17, 15) is 9.59 Å². The van der Waals surface area contributed by atoms with Crippen LogP contribution in [0.15, 0.2) is 53.0 Å². The maximum atomic E-state index is 13.6. The number of anilines is 1. The number of fused-ring (bicyclic) bond motifs is 3. The molecule has 0 bridgehead atoms. The van der Waals surface area contributed by atoms with Gasteiger partial charge in [-0.25, -0.2) is 4.98 Å². The van der Waals surface area contributed by atoms with Crippen LogP contribution in [-0.4, -0.2) is 67.0 Å². The zero-order valence-electron chi connectivity index (χ0n) is 28.4. The third kappa shape index (κ3) is 6.11. The molecule has 250 valence electrons. The molecule has 0 saturated carbocycles. The lowest BCUT2D eigenvalue weighted by molar-refractivity contribution is 0.0573. The van der Waals surface area contributed by atoms with E-state index in [-0.39, 0.29) is 23.0 Å². The van der Waals surface area contributed by atoms with E-state index in [1.165, 1.54) is 0 Å². The average molecular weight is 642 g/mol. The van der Waals surface area contributed by atoms with E-state index in [1.807, 2.05) is 49.2 Å². The molecule has 3 atom stereocenters. The van der Waals surface area contributed by atoms with Gasteiger partial charge in [0.25, 0.3) is 11.5 Å². The molecule has 0 spiro atoms. The number of likely N-dealkylation sites (N-methyl/N-ethyl adjacent to an activating group) is 1. The minimum Gasteiger partial charge on any atom is -0.498 e. The van der Waals surface area contributed by atoms with Crippen LogP contribution in [0, 0.1) is 12.8 Å².